The van der Waals surface area contributed by atoms with Crippen LogP contribution < -0.4 is 5.32 Å². The van der Waals surface area contributed by atoms with Gasteiger partial charge in [0.25, 0.3) is 0 Å². The van der Waals surface area contributed by atoms with E-state index in [1.165, 1.54) is 0 Å². The lowest BCUT2D eigenvalue weighted by atomic mass is 10.2. The molecule has 0 aliphatic carbocycles. The van der Waals surface area contributed by atoms with E-state index in [9.17, 15) is 0 Å². The van der Waals surface area contributed by atoms with Crippen LogP contribution >= 0.6 is 23.2 Å². The van der Waals surface area contributed by atoms with Crippen LogP contribution in [0.25, 0.3) is 0 Å². The van der Waals surface area contributed by atoms with Gasteiger partial charge in [-0.2, -0.15) is 0 Å². The molecular formula is C15H19Cl2N3O. The van der Waals surface area contributed by atoms with E-state index in [0.717, 1.165) is 30.2 Å². The van der Waals surface area contributed by atoms with Gasteiger partial charge in [0.1, 0.15) is 5.82 Å². The maximum absolute atomic E-state index is 6.25. The minimum atomic E-state index is 0.617. The Morgan fingerprint density at radius 3 is 2.67 bits per heavy atom. The van der Waals surface area contributed by atoms with Crippen molar-refractivity contribution in [1.82, 2.24) is 14.9 Å². The lowest BCUT2D eigenvalue weighted by Crippen LogP contribution is -2.21. The molecule has 1 heterocycles. The summed E-state index contributed by atoms with van der Waals surface area (Å²) in [6.07, 6.45) is 1.87. The first-order valence-corrected chi connectivity index (χ1v) is 7.52. The number of ether oxygens (including phenoxy) is 1. The molecule has 0 saturated heterocycles. The van der Waals surface area contributed by atoms with E-state index < -0.39 is 0 Å². The second-order valence-corrected chi connectivity index (χ2v) is 5.57. The zero-order chi connectivity index (χ0) is 15.2. The van der Waals surface area contributed by atoms with Crippen molar-refractivity contribution in [2.24, 2.45) is 0 Å². The fraction of sp³-hybridized carbons (Fsp3) is 0.400. The molecule has 0 unspecified atom stereocenters. The van der Waals surface area contributed by atoms with E-state index in [-0.39, 0.29) is 0 Å². The largest absolute Gasteiger partial charge is 0.383 e. The number of aryl methyl sites for hydroxylation is 1. The van der Waals surface area contributed by atoms with Crippen molar-refractivity contribution in [2.75, 3.05) is 20.3 Å². The number of aromatic nitrogens is 2. The first kappa shape index (κ1) is 16.3. The maximum Gasteiger partial charge on any atom is 0.106 e. The lowest BCUT2D eigenvalue weighted by molar-refractivity contribution is 0.199. The van der Waals surface area contributed by atoms with Crippen LogP contribution in [0.1, 0.15) is 17.1 Å². The summed E-state index contributed by atoms with van der Waals surface area (Å²) in [4.78, 5) is 4.38. The van der Waals surface area contributed by atoms with Crippen molar-refractivity contribution < 1.29 is 4.74 Å². The van der Waals surface area contributed by atoms with Crippen molar-refractivity contribution in [3.05, 3.63) is 51.5 Å². The molecular weight excluding hydrogens is 309 g/mol. The van der Waals surface area contributed by atoms with Crippen molar-refractivity contribution in [3.63, 3.8) is 0 Å². The van der Waals surface area contributed by atoms with Gasteiger partial charge in [0.2, 0.25) is 0 Å². The highest BCUT2D eigenvalue weighted by Crippen LogP contribution is 2.26. The first-order chi connectivity index (χ1) is 10.1. The molecule has 0 saturated carbocycles. The van der Waals surface area contributed by atoms with E-state index >= 15 is 0 Å². The van der Waals surface area contributed by atoms with Gasteiger partial charge in [0.15, 0.2) is 0 Å². The predicted molar refractivity (Wildman–Crippen MR) is 86.1 cm³/mol. The third-order valence-electron chi connectivity index (χ3n) is 3.30. The van der Waals surface area contributed by atoms with Crippen LogP contribution in [-0.4, -0.2) is 29.8 Å². The van der Waals surface area contributed by atoms with Crippen LogP contribution in [0, 0.1) is 6.92 Å². The Labute approximate surface area is 135 Å². The number of halogens is 2. The second kappa shape index (κ2) is 7.80. The van der Waals surface area contributed by atoms with Crippen LogP contribution in [0.3, 0.4) is 0 Å². The monoisotopic (exact) mass is 327 g/mol. The standard InChI is InChI=1S/C15H19Cl2N3O/c1-11-19-9-12(8-18-6-7-21-2)20(11)10-13-14(16)4-3-5-15(13)17/h3-5,9,18H,6-8,10H2,1-2H3. The summed E-state index contributed by atoms with van der Waals surface area (Å²) in [5.41, 5.74) is 2.01. The van der Waals surface area contributed by atoms with Crippen LogP contribution in [0.2, 0.25) is 10.0 Å². The predicted octanol–water partition coefficient (Wildman–Crippen LogP) is 3.28. The number of nitrogens with one attached hydrogen (secondary N) is 1. The minimum absolute atomic E-state index is 0.617. The highest BCUT2D eigenvalue weighted by atomic mass is 35.5. The summed E-state index contributed by atoms with van der Waals surface area (Å²) >= 11 is 12.5. The number of rotatable bonds is 7. The molecule has 0 aliphatic heterocycles. The third kappa shape index (κ3) is 4.20. The number of methoxy groups -OCH3 is 1. The number of hydrogen-bond donors (Lipinski definition) is 1. The number of hydrogen-bond acceptors (Lipinski definition) is 3. The highest BCUT2D eigenvalue weighted by Gasteiger charge is 2.11. The summed E-state index contributed by atoms with van der Waals surface area (Å²) in [6, 6.07) is 5.55. The van der Waals surface area contributed by atoms with Gasteiger partial charge < -0.3 is 14.6 Å². The Morgan fingerprint density at radius 1 is 1.29 bits per heavy atom. The molecule has 4 nitrogen and oxygen atoms in total. The van der Waals surface area contributed by atoms with E-state index in [4.69, 9.17) is 27.9 Å². The fourth-order valence-corrected chi connectivity index (χ4v) is 2.62. The van der Waals surface area contributed by atoms with Crippen LogP contribution in [0.4, 0.5) is 0 Å². The lowest BCUT2D eigenvalue weighted by Gasteiger charge is -2.13. The number of nitrogens with zero attached hydrogens (tertiary/aromatic N) is 2. The number of imidazole rings is 1. The summed E-state index contributed by atoms with van der Waals surface area (Å²) in [5, 5.41) is 4.67. The van der Waals surface area contributed by atoms with Crippen molar-refractivity contribution in [1.29, 1.82) is 0 Å². The zero-order valence-corrected chi connectivity index (χ0v) is 13.7. The molecule has 0 atom stereocenters. The van der Waals surface area contributed by atoms with Gasteiger partial charge in [0.05, 0.1) is 18.8 Å². The average Bonchev–Trinajstić information content (AvgIpc) is 2.80. The molecule has 1 aromatic carbocycles. The zero-order valence-electron chi connectivity index (χ0n) is 12.2. The summed E-state index contributed by atoms with van der Waals surface area (Å²) < 4.78 is 7.14. The first-order valence-electron chi connectivity index (χ1n) is 6.77. The molecule has 0 radical (unpaired) electrons. The molecule has 2 aromatic rings. The van der Waals surface area contributed by atoms with Gasteiger partial charge in [0, 0.05) is 42.0 Å². The van der Waals surface area contributed by atoms with E-state index in [1.54, 1.807) is 7.11 Å². The quantitative estimate of drug-likeness (QED) is 0.793. The SMILES string of the molecule is COCCNCc1cnc(C)n1Cc1c(Cl)cccc1Cl. The Bertz CT molecular complexity index is 578. The maximum atomic E-state index is 6.25. The molecule has 0 bridgehead atoms. The molecule has 114 valence electrons. The molecule has 6 heteroatoms. The Balaban J connectivity index is 2.14. The van der Waals surface area contributed by atoms with Crippen LogP contribution in [0.5, 0.6) is 0 Å². The summed E-state index contributed by atoms with van der Waals surface area (Å²) in [5.74, 6) is 0.939. The van der Waals surface area contributed by atoms with Gasteiger partial charge in [-0.25, -0.2) is 4.98 Å². The molecule has 21 heavy (non-hydrogen) atoms. The van der Waals surface area contributed by atoms with E-state index in [0.29, 0.717) is 23.2 Å². The van der Waals surface area contributed by atoms with Gasteiger partial charge in [-0.1, -0.05) is 29.3 Å². The van der Waals surface area contributed by atoms with E-state index in [2.05, 4.69) is 14.9 Å². The fourth-order valence-electron chi connectivity index (χ4n) is 2.10. The molecule has 0 spiro atoms. The van der Waals surface area contributed by atoms with Gasteiger partial charge >= 0.3 is 0 Å². The third-order valence-corrected chi connectivity index (χ3v) is 4.01. The Hall–Kier alpha value is -1.07. The van der Waals surface area contributed by atoms with Crippen molar-refractivity contribution in [2.45, 2.75) is 20.0 Å². The topological polar surface area (TPSA) is 39.1 Å². The average molecular weight is 328 g/mol. The normalized spacial score (nSPS) is 11.0. The summed E-state index contributed by atoms with van der Waals surface area (Å²) in [7, 11) is 1.69. The van der Waals surface area contributed by atoms with Gasteiger partial charge in [-0.15, -0.1) is 0 Å². The highest BCUT2D eigenvalue weighted by molar-refractivity contribution is 6.35. The van der Waals surface area contributed by atoms with Crippen molar-refractivity contribution in [3.8, 4) is 0 Å². The van der Waals surface area contributed by atoms with Crippen molar-refractivity contribution >= 4 is 23.2 Å². The Kier molecular flexibility index (Phi) is 6.06. The van der Waals surface area contributed by atoms with Crippen LogP contribution in [-0.2, 0) is 17.8 Å². The minimum Gasteiger partial charge on any atom is -0.383 e. The smallest absolute Gasteiger partial charge is 0.106 e. The van der Waals surface area contributed by atoms with E-state index in [1.807, 2.05) is 31.3 Å². The molecule has 0 aliphatic rings. The Morgan fingerprint density at radius 2 is 2.00 bits per heavy atom. The molecule has 2 rings (SSSR count). The van der Waals surface area contributed by atoms with Crippen LogP contribution in [0.15, 0.2) is 24.4 Å². The van der Waals surface area contributed by atoms with Gasteiger partial charge in [-0.05, 0) is 19.1 Å². The molecule has 1 N–H and O–H groups in total. The number of benzene rings is 1. The molecule has 1 aromatic heterocycles. The van der Waals surface area contributed by atoms with Gasteiger partial charge in [-0.3, -0.25) is 0 Å². The molecule has 0 amide bonds. The summed E-state index contributed by atoms with van der Waals surface area (Å²) in [6.45, 7) is 4.80. The molecule has 0 fully saturated rings. The second-order valence-electron chi connectivity index (χ2n) is 4.75.